The number of nitrogens with zero attached hydrogens (tertiary/aromatic N) is 2. The molecule has 0 aliphatic heterocycles. The molecule has 0 saturated carbocycles. The zero-order chi connectivity index (χ0) is 28.1. The molecule has 2 aromatic rings. The molecule has 0 aliphatic carbocycles. The maximum absolute atomic E-state index is 13.5. The van der Waals surface area contributed by atoms with Crippen molar-refractivity contribution in [3.63, 3.8) is 0 Å². The molecule has 0 spiro atoms. The zero-order valence-corrected chi connectivity index (χ0v) is 23.2. The van der Waals surface area contributed by atoms with Gasteiger partial charge in [-0.3, -0.25) is 13.9 Å². The lowest BCUT2D eigenvalue weighted by atomic mass is 10.1. The smallest absolute Gasteiger partial charge is 0.355 e. The predicted molar refractivity (Wildman–Crippen MR) is 138 cm³/mol. The number of carbonyl (C=O) groups is 2. The van der Waals surface area contributed by atoms with E-state index in [4.69, 9.17) is 34.8 Å². The molecule has 204 valence electrons. The molecule has 0 aromatic heterocycles. The Kier molecular flexibility index (Phi) is 10.5. The van der Waals surface area contributed by atoms with Crippen LogP contribution in [-0.4, -0.2) is 50.5 Å². The van der Waals surface area contributed by atoms with Crippen LogP contribution in [0.2, 0.25) is 15.1 Å². The molecule has 1 N–H and O–H groups in total. The average molecular weight is 603 g/mol. The predicted octanol–water partition coefficient (Wildman–Crippen LogP) is 5.38. The van der Waals surface area contributed by atoms with Gasteiger partial charge in [0.2, 0.25) is 21.8 Å². The molecule has 0 bridgehead atoms. The van der Waals surface area contributed by atoms with E-state index in [1.165, 1.54) is 12.1 Å². The van der Waals surface area contributed by atoms with Crippen LogP contribution in [0.25, 0.3) is 0 Å². The molecule has 1 atom stereocenters. The van der Waals surface area contributed by atoms with E-state index in [9.17, 15) is 31.2 Å². The molecule has 0 radical (unpaired) electrons. The van der Waals surface area contributed by atoms with Crippen LogP contribution in [0.5, 0.6) is 0 Å². The van der Waals surface area contributed by atoms with Gasteiger partial charge in [0, 0.05) is 13.1 Å². The summed E-state index contributed by atoms with van der Waals surface area (Å²) < 4.78 is 65.7. The second kappa shape index (κ2) is 12.6. The van der Waals surface area contributed by atoms with Gasteiger partial charge in [0.25, 0.3) is 0 Å². The van der Waals surface area contributed by atoms with Crippen LogP contribution in [0.1, 0.15) is 31.4 Å². The summed E-state index contributed by atoms with van der Waals surface area (Å²) in [7, 11) is -4.28. The number of hydrogen-bond donors (Lipinski definition) is 1. The van der Waals surface area contributed by atoms with Crippen LogP contribution >= 0.6 is 34.8 Å². The summed E-state index contributed by atoms with van der Waals surface area (Å²) in [5, 5.41) is 2.79. The molecule has 0 fully saturated rings. The minimum absolute atomic E-state index is 0.153. The molecule has 2 amide bonds. The molecule has 0 aliphatic rings. The number of nitrogens with one attached hydrogen (secondary N) is 1. The Morgan fingerprint density at radius 1 is 1.00 bits per heavy atom. The third-order valence-electron chi connectivity index (χ3n) is 5.30. The van der Waals surface area contributed by atoms with Gasteiger partial charge < -0.3 is 10.2 Å². The third-order valence-corrected chi connectivity index (χ3v) is 7.48. The topological polar surface area (TPSA) is 86.8 Å². The van der Waals surface area contributed by atoms with Crippen molar-refractivity contribution in [1.29, 1.82) is 0 Å². The van der Waals surface area contributed by atoms with E-state index in [1.807, 2.05) is 0 Å². The molecular formula is C23H25Cl3F3N3O4S. The van der Waals surface area contributed by atoms with Gasteiger partial charge >= 0.3 is 6.18 Å². The second-order valence-electron chi connectivity index (χ2n) is 8.02. The van der Waals surface area contributed by atoms with E-state index < -0.39 is 51.9 Å². The number of hydrogen-bond acceptors (Lipinski definition) is 4. The maximum Gasteiger partial charge on any atom is 0.416 e. The summed E-state index contributed by atoms with van der Waals surface area (Å²) >= 11 is 18.1. The van der Waals surface area contributed by atoms with Crippen molar-refractivity contribution >= 4 is 62.3 Å². The number of benzene rings is 2. The number of likely N-dealkylation sites (N-methyl/N-ethyl adjacent to an activating group) is 1. The Morgan fingerprint density at radius 3 is 2.14 bits per heavy atom. The molecule has 14 heteroatoms. The summed E-state index contributed by atoms with van der Waals surface area (Å²) in [5.74, 6) is -1.33. The number of sulfonamides is 1. The van der Waals surface area contributed by atoms with Crippen molar-refractivity contribution < 1.29 is 31.2 Å². The Morgan fingerprint density at radius 2 is 1.62 bits per heavy atom. The second-order valence-corrected chi connectivity index (χ2v) is 11.2. The highest BCUT2D eigenvalue weighted by Gasteiger charge is 2.35. The Labute approximate surface area is 228 Å². The Balaban J connectivity index is 2.56. The van der Waals surface area contributed by atoms with Crippen molar-refractivity contribution in [1.82, 2.24) is 10.2 Å². The maximum atomic E-state index is 13.5. The van der Waals surface area contributed by atoms with Crippen LogP contribution in [-0.2, 0) is 32.3 Å². The van der Waals surface area contributed by atoms with E-state index in [-0.39, 0.29) is 34.6 Å². The lowest BCUT2D eigenvalue weighted by Crippen LogP contribution is -2.52. The fraction of sp³-hybridized carbons (Fsp3) is 0.391. The summed E-state index contributed by atoms with van der Waals surface area (Å²) in [4.78, 5) is 27.5. The quantitative estimate of drug-likeness (QED) is 0.396. The molecule has 7 nitrogen and oxygen atoms in total. The minimum atomic E-state index is -4.78. The van der Waals surface area contributed by atoms with Crippen molar-refractivity contribution in [3.05, 3.63) is 62.6 Å². The zero-order valence-electron chi connectivity index (χ0n) is 20.1. The molecule has 0 unspecified atom stereocenters. The first kappa shape index (κ1) is 31.0. The van der Waals surface area contributed by atoms with E-state index in [0.29, 0.717) is 22.0 Å². The lowest BCUT2D eigenvalue weighted by Gasteiger charge is -2.33. The van der Waals surface area contributed by atoms with E-state index in [0.717, 1.165) is 17.2 Å². The first-order valence-corrected chi connectivity index (χ1v) is 13.9. The number of anilines is 1. The average Bonchev–Trinajstić information content (AvgIpc) is 2.78. The van der Waals surface area contributed by atoms with Crippen LogP contribution in [0.4, 0.5) is 18.9 Å². The van der Waals surface area contributed by atoms with Gasteiger partial charge in [-0.15, -0.1) is 0 Å². The number of halogens is 6. The van der Waals surface area contributed by atoms with Gasteiger partial charge in [-0.25, -0.2) is 8.42 Å². The SMILES string of the molecule is CCNC(=O)[C@H](CC)N(Cc1ccc(Cl)c(Cl)c1)C(=O)CN(c1cc(C(F)(F)F)ccc1Cl)S(C)(=O)=O. The normalized spacial score (nSPS) is 12.7. The number of alkyl halides is 3. The monoisotopic (exact) mass is 601 g/mol. The molecule has 0 heterocycles. The molecular weight excluding hydrogens is 578 g/mol. The Bertz CT molecular complexity index is 1260. The molecule has 2 rings (SSSR count). The number of rotatable bonds is 10. The van der Waals surface area contributed by atoms with E-state index in [2.05, 4.69) is 5.32 Å². The third kappa shape index (κ3) is 8.13. The molecule has 37 heavy (non-hydrogen) atoms. The van der Waals surface area contributed by atoms with Gasteiger partial charge in [-0.05, 0) is 49.2 Å². The highest BCUT2D eigenvalue weighted by Crippen LogP contribution is 2.36. The fourth-order valence-electron chi connectivity index (χ4n) is 3.52. The largest absolute Gasteiger partial charge is 0.416 e. The van der Waals surface area contributed by atoms with Gasteiger partial charge in [0.05, 0.1) is 32.6 Å². The van der Waals surface area contributed by atoms with Gasteiger partial charge in [0.1, 0.15) is 12.6 Å². The fourth-order valence-corrected chi connectivity index (χ4v) is 4.96. The standard InChI is InChI=1S/C23H25Cl3F3N3O4S/c1-4-19(22(34)30-5-2)31(12-14-6-8-16(24)18(26)10-14)21(33)13-32(37(3,35)36)20-11-15(23(27,28)29)7-9-17(20)25/h6-11,19H,4-5,12-13H2,1-3H3,(H,30,34)/t19-/m0/s1. The first-order chi connectivity index (χ1) is 17.1. The summed E-state index contributed by atoms with van der Waals surface area (Å²) in [6, 6.07) is 5.72. The van der Waals surface area contributed by atoms with Crippen LogP contribution in [0.3, 0.4) is 0 Å². The number of amides is 2. The van der Waals surface area contributed by atoms with Crippen molar-refractivity contribution in [3.8, 4) is 0 Å². The van der Waals surface area contributed by atoms with Crippen LogP contribution < -0.4 is 9.62 Å². The summed E-state index contributed by atoms with van der Waals surface area (Å²) in [6.07, 6.45) is -3.87. The van der Waals surface area contributed by atoms with E-state index >= 15 is 0 Å². The van der Waals surface area contributed by atoms with Gasteiger partial charge in [-0.2, -0.15) is 13.2 Å². The van der Waals surface area contributed by atoms with Crippen molar-refractivity contribution in [2.45, 2.75) is 39.0 Å². The minimum Gasteiger partial charge on any atom is -0.355 e. The van der Waals surface area contributed by atoms with Gasteiger partial charge in [0.15, 0.2) is 0 Å². The summed E-state index contributed by atoms with van der Waals surface area (Å²) in [6.45, 7) is 2.57. The van der Waals surface area contributed by atoms with Crippen LogP contribution in [0.15, 0.2) is 36.4 Å². The highest BCUT2D eigenvalue weighted by atomic mass is 35.5. The van der Waals surface area contributed by atoms with Crippen molar-refractivity contribution in [2.24, 2.45) is 0 Å². The Hall–Kier alpha value is -2.21. The van der Waals surface area contributed by atoms with E-state index in [1.54, 1.807) is 19.9 Å². The highest BCUT2D eigenvalue weighted by molar-refractivity contribution is 7.92. The number of carbonyl (C=O) groups excluding carboxylic acids is 2. The van der Waals surface area contributed by atoms with Crippen molar-refractivity contribution in [2.75, 3.05) is 23.7 Å². The summed E-state index contributed by atoms with van der Waals surface area (Å²) in [5.41, 5.74) is -1.17. The first-order valence-electron chi connectivity index (χ1n) is 11.0. The van der Waals surface area contributed by atoms with Crippen LogP contribution in [0, 0.1) is 0 Å². The molecule has 2 aromatic carbocycles. The van der Waals surface area contributed by atoms with Gasteiger partial charge in [-0.1, -0.05) is 47.8 Å². The molecule has 0 saturated heterocycles. The lowest BCUT2D eigenvalue weighted by molar-refractivity contribution is -0.140.